The molecule has 5 nitrogen and oxygen atoms in total. The summed E-state index contributed by atoms with van der Waals surface area (Å²) in [6.07, 6.45) is 9.63. The number of carbonyl (C=O) groups excluding carboxylic acids is 1. The van der Waals surface area contributed by atoms with Crippen molar-refractivity contribution in [2.45, 2.75) is 58.3 Å². The summed E-state index contributed by atoms with van der Waals surface area (Å²) < 4.78 is 6.26. The third-order valence-electron chi connectivity index (χ3n) is 4.59. The van der Waals surface area contributed by atoms with E-state index in [1.54, 1.807) is 0 Å². The lowest BCUT2D eigenvalue weighted by atomic mass is 10.1. The Morgan fingerprint density at radius 2 is 1.83 bits per heavy atom. The van der Waals surface area contributed by atoms with Gasteiger partial charge in [0.1, 0.15) is 10.1 Å². The van der Waals surface area contributed by atoms with Crippen LogP contribution in [0, 0.1) is 0 Å². The molecule has 7 heteroatoms. The van der Waals surface area contributed by atoms with E-state index < -0.39 is 5.97 Å². The molecule has 1 aromatic rings. The maximum atomic E-state index is 12.5. The molecule has 0 radical (unpaired) electrons. The van der Waals surface area contributed by atoms with Gasteiger partial charge in [-0.3, -0.25) is 14.5 Å². The van der Waals surface area contributed by atoms with Gasteiger partial charge in [0.2, 0.25) is 0 Å². The topological polar surface area (TPSA) is 66.8 Å². The summed E-state index contributed by atoms with van der Waals surface area (Å²) in [6.45, 7) is 3.27. The standard InChI is InChI=1S/C22H29NO4S2/c1-2-3-4-5-6-7-15-27-18-12-10-17(11-13-18)16-19-21(26)23(22(28)29-19)14-8-9-20(24)25/h10-13,16H,2-9,14-15H2,1H3,(H,24,25)/b19-16-. The van der Waals surface area contributed by atoms with E-state index in [1.807, 2.05) is 30.3 Å². The van der Waals surface area contributed by atoms with E-state index >= 15 is 0 Å². The van der Waals surface area contributed by atoms with Crippen LogP contribution in [0.1, 0.15) is 63.9 Å². The highest BCUT2D eigenvalue weighted by molar-refractivity contribution is 8.26. The number of nitrogens with zero attached hydrogens (tertiary/aromatic N) is 1. The van der Waals surface area contributed by atoms with Gasteiger partial charge in [-0.1, -0.05) is 75.1 Å². The van der Waals surface area contributed by atoms with Gasteiger partial charge in [-0.05, 0) is 36.6 Å². The summed E-state index contributed by atoms with van der Waals surface area (Å²) in [7, 11) is 0. The SMILES string of the molecule is CCCCCCCCOc1ccc(/C=C2\SC(=S)N(CCCC(=O)O)C2=O)cc1. The Morgan fingerprint density at radius 3 is 2.52 bits per heavy atom. The van der Waals surface area contributed by atoms with E-state index in [0.717, 1.165) is 24.3 Å². The first-order valence-electron chi connectivity index (χ1n) is 10.2. The molecule has 1 heterocycles. The Balaban J connectivity index is 1.80. The Bertz CT molecular complexity index is 731. The fraction of sp³-hybridized carbons (Fsp3) is 0.500. The van der Waals surface area contributed by atoms with Crippen molar-refractivity contribution < 1.29 is 19.4 Å². The van der Waals surface area contributed by atoms with Crippen molar-refractivity contribution in [3.05, 3.63) is 34.7 Å². The fourth-order valence-corrected chi connectivity index (χ4v) is 4.27. The van der Waals surface area contributed by atoms with Crippen molar-refractivity contribution in [2.75, 3.05) is 13.2 Å². The molecule has 0 aromatic heterocycles. The van der Waals surface area contributed by atoms with Gasteiger partial charge in [-0.25, -0.2) is 0 Å². The maximum absolute atomic E-state index is 12.5. The normalized spacial score (nSPS) is 15.3. The van der Waals surface area contributed by atoms with Crippen molar-refractivity contribution >= 4 is 46.3 Å². The lowest BCUT2D eigenvalue weighted by Crippen LogP contribution is -2.29. The number of hydrogen-bond donors (Lipinski definition) is 1. The maximum Gasteiger partial charge on any atom is 0.303 e. The number of carbonyl (C=O) groups is 2. The highest BCUT2D eigenvalue weighted by Gasteiger charge is 2.31. The molecule has 1 aromatic carbocycles. The van der Waals surface area contributed by atoms with Gasteiger partial charge in [-0.2, -0.15) is 0 Å². The number of benzene rings is 1. The average molecular weight is 436 g/mol. The molecule has 1 aliphatic heterocycles. The van der Waals surface area contributed by atoms with Crippen molar-refractivity contribution in [2.24, 2.45) is 0 Å². The van der Waals surface area contributed by atoms with Gasteiger partial charge in [-0.15, -0.1) is 0 Å². The zero-order valence-electron chi connectivity index (χ0n) is 16.9. The molecule has 1 saturated heterocycles. The van der Waals surface area contributed by atoms with Gasteiger partial charge in [0.15, 0.2) is 0 Å². The molecule has 0 spiro atoms. The molecule has 158 valence electrons. The second-order valence-corrected chi connectivity index (χ2v) is 8.69. The minimum Gasteiger partial charge on any atom is -0.494 e. The number of carboxylic acid groups (broad SMARTS) is 1. The zero-order chi connectivity index (χ0) is 21.1. The first-order chi connectivity index (χ1) is 14.0. The predicted octanol–water partition coefficient (Wildman–Crippen LogP) is 5.49. The van der Waals surface area contributed by atoms with Gasteiger partial charge in [0.05, 0.1) is 11.5 Å². The number of thioether (sulfide) groups is 1. The minimum absolute atomic E-state index is 0.0241. The summed E-state index contributed by atoms with van der Waals surface area (Å²) >= 11 is 6.52. The lowest BCUT2D eigenvalue weighted by Gasteiger charge is -2.13. The Hall–Kier alpha value is -1.86. The Labute approximate surface area is 182 Å². The monoisotopic (exact) mass is 435 g/mol. The number of amides is 1. The van der Waals surface area contributed by atoms with E-state index in [0.29, 0.717) is 22.2 Å². The van der Waals surface area contributed by atoms with Gasteiger partial charge in [0.25, 0.3) is 5.91 Å². The highest BCUT2D eigenvalue weighted by atomic mass is 32.2. The third kappa shape index (κ3) is 8.19. The van der Waals surface area contributed by atoms with Crippen LogP contribution in [-0.4, -0.2) is 39.4 Å². The van der Waals surface area contributed by atoms with E-state index in [-0.39, 0.29) is 12.3 Å². The largest absolute Gasteiger partial charge is 0.494 e. The number of unbranched alkanes of at least 4 members (excludes halogenated alkanes) is 5. The molecule has 0 aliphatic carbocycles. The summed E-state index contributed by atoms with van der Waals surface area (Å²) in [5.41, 5.74) is 0.906. The van der Waals surface area contributed by atoms with Crippen molar-refractivity contribution in [3.8, 4) is 5.75 Å². The van der Waals surface area contributed by atoms with Crippen molar-refractivity contribution in [3.63, 3.8) is 0 Å². The van der Waals surface area contributed by atoms with E-state index in [9.17, 15) is 9.59 Å². The molecule has 0 bridgehead atoms. The van der Waals surface area contributed by atoms with Crippen LogP contribution in [0.15, 0.2) is 29.2 Å². The van der Waals surface area contributed by atoms with Crippen molar-refractivity contribution in [1.82, 2.24) is 4.90 Å². The molecule has 2 rings (SSSR count). The predicted molar refractivity (Wildman–Crippen MR) is 122 cm³/mol. The van der Waals surface area contributed by atoms with Crippen molar-refractivity contribution in [1.29, 1.82) is 0 Å². The van der Waals surface area contributed by atoms with E-state index in [1.165, 1.54) is 48.8 Å². The molecule has 1 amide bonds. The number of ether oxygens (including phenoxy) is 1. The smallest absolute Gasteiger partial charge is 0.303 e. The van der Waals surface area contributed by atoms with E-state index in [2.05, 4.69) is 6.92 Å². The second kappa shape index (κ2) is 12.6. The summed E-state index contributed by atoms with van der Waals surface area (Å²) in [6, 6.07) is 7.67. The summed E-state index contributed by atoms with van der Waals surface area (Å²) in [5.74, 6) is -0.199. The zero-order valence-corrected chi connectivity index (χ0v) is 18.5. The Morgan fingerprint density at radius 1 is 1.14 bits per heavy atom. The van der Waals surface area contributed by atoms with Crippen LogP contribution in [0.25, 0.3) is 6.08 Å². The summed E-state index contributed by atoms with van der Waals surface area (Å²) in [5, 5.41) is 8.74. The third-order valence-corrected chi connectivity index (χ3v) is 5.97. The van der Waals surface area contributed by atoms with Gasteiger partial charge >= 0.3 is 5.97 Å². The number of rotatable bonds is 13. The van der Waals surface area contributed by atoms with Crippen LogP contribution in [0.5, 0.6) is 5.75 Å². The summed E-state index contributed by atoms with van der Waals surface area (Å²) in [4.78, 5) is 25.2. The number of hydrogen-bond acceptors (Lipinski definition) is 5. The van der Waals surface area contributed by atoms with Gasteiger partial charge < -0.3 is 9.84 Å². The molecule has 1 N–H and O–H groups in total. The van der Waals surface area contributed by atoms with Crippen LogP contribution >= 0.6 is 24.0 Å². The van der Waals surface area contributed by atoms with Crippen LogP contribution in [0.3, 0.4) is 0 Å². The molecule has 29 heavy (non-hydrogen) atoms. The number of aliphatic carboxylic acids is 1. The van der Waals surface area contributed by atoms with Crippen LogP contribution in [-0.2, 0) is 9.59 Å². The fourth-order valence-electron chi connectivity index (χ4n) is 2.97. The van der Waals surface area contributed by atoms with Gasteiger partial charge in [0, 0.05) is 13.0 Å². The molecule has 1 aliphatic rings. The Kier molecular flexibility index (Phi) is 10.2. The first-order valence-corrected chi connectivity index (χ1v) is 11.4. The number of thiocarbonyl (C=S) groups is 1. The van der Waals surface area contributed by atoms with Crippen LogP contribution in [0.2, 0.25) is 0 Å². The molecular formula is C22H29NO4S2. The second-order valence-electron chi connectivity index (χ2n) is 7.02. The first kappa shape index (κ1) is 23.4. The van der Waals surface area contributed by atoms with Crippen LogP contribution in [0.4, 0.5) is 0 Å². The molecule has 0 atom stereocenters. The van der Waals surface area contributed by atoms with E-state index in [4.69, 9.17) is 22.1 Å². The average Bonchev–Trinajstić information content (AvgIpc) is 2.95. The molecule has 0 saturated carbocycles. The molecular weight excluding hydrogens is 406 g/mol. The molecule has 1 fully saturated rings. The lowest BCUT2D eigenvalue weighted by molar-refractivity contribution is -0.137. The minimum atomic E-state index is -0.871. The van der Waals surface area contributed by atoms with Crippen LogP contribution < -0.4 is 4.74 Å². The molecule has 0 unspecified atom stereocenters. The number of carboxylic acids is 1. The highest BCUT2D eigenvalue weighted by Crippen LogP contribution is 2.33. The quantitative estimate of drug-likeness (QED) is 0.251.